The largest absolute Gasteiger partial charge is 0.497 e. The van der Waals surface area contributed by atoms with E-state index < -0.39 is 0 Å². The monoisotopic (exact) mass is 367 g/mol. The third-order valence-electron chi connectivity index (χ3n) is 6.55. The molecule has 0 bridgehead atoms. The molecule has 4 atom stereocenters. The van der Waals surface area contributed by atoms with Gasteiger partial charge in [-0.3, -0.25) is 4.79 Å². The van der Waals surface area contributed by atoms with Crippen molar-refractivity contribution in [3.05, 3.63) is 53.1 Å². The first kappa shape index (κ1) is 18.3. The van der Waals surface area contributed by atoms with Crippen LogP contribution in [0.3, 0.4) is 0 Å². The Morgan fingerprint density at radius 2 is 2.07 bits per heavy atom. The number of ether oxygens (including phenoxy) is 2. The van der Waals surface area contributed by atoms with E-state index in [9.17, 15) is 4.79 Å². The number of nitrogens with one attached hydrogen (secondary N) is 1. The Morgan fingerprint density at radius 3 is 2.81 bits per heavy atom. The van der Waals surface area contributed by atoms with Crippen LogP contribution < -0.4 is 10.1 Å². The summed E-state index contributed by atoms with van der Waals surface area (Å²) >= 11 is 0. The van der Waals surface area contributed by atoms with Crippen molar-refractivity contribution >= 4 is 5.97 Å². The molecule has 0 aromatic heterocycles. The molecule has 1 N–H and O–H groups in total. The number of allylic oxidation sites excluding steroid dienone is 3. The molecular formula is C23H29NO3. The third kappa shape index (κ3) is 3.43. The maximum Gasteiger partial charge on any atom is 0.311 e. The maximum atomic E-state index is 12.5. The minimum Gasteiger partial charge on any atom is -0.497 e. The highest BCUT2D eigenvalue weighted by molar-refractivity contribution is 5.76. The van der Waals surface area contributed by atoms with Crippen LogP contribution in [0, 0.1) is 17.3 Å². The second kappa shape index (κ2) is 7.16. The van der Waals surface area contributed by atoms with Gasteiger partial charge in [0, 0.05) is 19.0 Å². The predicted molar refractivity (Wildman–Crippen MR) is 105 cm³/mol. The minimum atomic E-state index is -0.0972. The van der Waals surface area contributed by atoms with E-state index in [1.165, 1.54) is 16.7 Å². The van der Waals surface area contributed by atoms with Gasteiger partial charge < -0.3 is 14.8 Å². The van der Waals surface area contributed by atoms with Crippen molar-refractivity contribution in [3.8, 4) is 5.75 Å². The Hall–Kier alpha value is -2.07. The summed E-state index contributed by atoms with van der Waals surface area (Å²) in [4.78, 5) is 12.5. The first-order valence-electron chi connectivity index (χ1n) is 9.94. The van der Waals surface area contributed by atoms with E-state index in [1.807, 2.05) is 24.3 Å². The molecule has 1 saturated heterocycles. The number of fused-ring (bicyclic) bond motifs is 2. The lowest BCUT2D eigenvalue weighted by Gasteiger charge is -2.42. The van der Waals surface area contributed by atoms with Gasteiger partial charge in [0.05, 0.1) is 13.0 Å². The number of esters is 1. The number of carbonyl (C=O) groups excluding carboxylic acids is 1. The van der Waals surface area contributed by atoms with Crippen molar-refractivity contribution in [2.45, 2.75) is 45.8 Å². The van der Waals surface area contributed by atoms with E-state index in [2.05, 4.69) is 31.3 Å². The van der Waals surface area contributed by atoms with Crippen molar-refractivity contribution in [2.75, 3.05) is 13.7 Å². The topological polar surface area (TPSA) is 47.6 Å². The number of benzene rings is 1. The molecule has 4 heteroatoms. The average molecular weight is 367 g/mol. The highest BCUT2D eigenvalue weighted by atomic mass is 16.6. The van der Waals surface area contributed by atoms with Gasteiger partial charge in [0.1, 0.15) is 11.9 Å². The van der Waals surface area contributed by atoms with Crippen LogP contribution in [0.2, 0.25) is 0 Å². The van der Waals surface area contributed by atoms with Crippen LogP contribution >= 0.6 is 0 Å². The zero-order chi connectivity index (χ0) is 19.0. The Bertz CT molecular complexity index is 779. The van der Waals surface area contributed by atoms with E-state index in [-0.39, 0.29) is 29.3 Å². The normalized spacial score (nSPS) is 32.1. The van der Waals surface area contributed by atoms with Gasteiger partial charge in [-0.05, 0) is 54.9 Å². The van der Waals surface area contributed by atoms with Crippen molar-refractivity contribution in [1.29, 1.82) is 0 Å². The molecule has 4 rings (SSSR count). The van der Waals surface area contributed by atoms with Gasteiger partial charge in [-0.2, -0.15) is 0 Å². The number of methoxy groups -OCH3 is 1. The van der Waals surface area contributed by atoms with Gasteiger partial charge in [-0.1, -0.05) is 36.8 Å². The first-order valence-corrected chi connectivity index (χ1v) is 9.94. The summed E-state index contributed by atoms with van der Waals surface area (Å²) in [6.45, 7) is 5.92. The van der Waals surface area contributed by atoms with Crippen LogP contribution in [0.25, 0.3) is 0 Å². The quantitative estimate of drug-likeness (QED) is 0.799. The minimum absolute atomic E-state index is 0.0323. The fourth-order valence-corrected chi connectivity index (χ4v) is 4.98. The third-order valence-corrected chi connectivity index (χ3v) is 6.55. The molecule has 0 amide bonds. The van der Waals surface area contributed by atoms with Crippen LogP contribution in [-0.2, 0) is 16.1 Å². The van der Waals surface area contributed by atoms with Crippen LogP contribution in [-0.4, -0.2) is 25.7 Å². The zero-order valence-corrected chi connectivity index (χ0v) is 16.5. The smallest absolute Gasteiger partial charge is 0.311 e. The molecule has 4 nitrogen and oxygen atoms in total. The molecule has 1 unspecified atom stereocenters. The number of carbonyl (C=O) groups is 1. The van der Waals surface area contributed by atoms with E-state index in [0.29, 0.717) is 6.54 Å². The fraction of sp³-hybridized carbons (Fsp3) is 0.522. The molecule has 0 saturated carbocycles. The Morgan fingerprint density at radius 1 is 1.30 bits per heavy atom. The molecule has 0 spiro atoms. The highest BCUT2D eigenvalue weighted by Gasteiger charge is 2.50. The molecule has 0 radical (unpaired) electrons. The molecule has 2 aliphatic carbocycles. The van der Waals surface area contributed by atoms with Gasteiger partial charge in [-0.25, -0.2) is 0 Å². The molecule has 3 aliphatic rings. The van der Waals surface area contributed by atoms with E-state index in [0.717, 1.165) is 31.6 Å². The van der Waals surface area contributed by atoms with E-state index in [1.54, 1.807) is 7.11 Å². The van der Waals surface area contributed by atoms with Crippen molar-refractivity contribution in [2.24, 2.45) is 17.3 Å². The van der Waals surface area contributed by atoms with Crippen LogP contribution in [0.15, 0.2) is 47.6 Å². The van der Waals surface area contributed by atoms with Crippen LogP contribution in [0.1, 0.15) is 38.7 Å². The predicted octanol–water partition coefficient (Wildman–Crippen LogP) is 4.02. The molecule has 1 aromatic carbocycles. The summed E-state index contributed by atoms with van der Waals surface area (Å²) in [6, 6.07) is 8.01. The molecule has 1 fully saturated rings. The van der Waals surface area contributed by atoms with E-state index in [4.69, 9.17) is 9.47 Å². The Balaban J connectivity index is 1.44. The number of rotatable bonds is 5. The molecule has 1 heterocycles. The summed E-state index contributed by atoms with van der Waals surface area (Å²) in [5.41, 5.74) is 4.16. The van der Waals surface area contributed by atoms with Crippen LogP contribution in [0.5, 0.6) is 5.75 Å². The lowest BCUT2D eigenvalue weighted by Crippen LogP contribution is -2.38. The van der Waals surface area contributed by atoms with Crippen LogP contribution in [0.4, 0.5) is 0 Å². The Labute approximate surface area is 161 Å². The summed E-state index contributed by atoms with van der Waals surface area (Å²) in [7, 11) is 1.67. The molecule has 1 aromatic rings. The molecular weight excluding hydrogens is 338 g/mol. The van der Waals surface area contributed by atoms with E-state index >= 15 is 0 Å². The second-order valence-corrected chi connectivity index (χ2v) is 8.41. The summed E-state index contributed by atoms with van der Waals surface area (Å²) in [6.07, 6.45) is 7.95. The highest BCUT2D eigenvalue weighted by Crippen LogP contribution is 2.52. The average Bonchev–Trinajstić information content (AvgIpc) is 2.95. The van der Waals surface area contributed by atoms with Crippen molar-refractivity contribution in [1.82, 2.24) is 5.32 Å². The SMILES string of the molecule is COc1ccc(CNCC2C(=O)O[C@@H]3C[C@@]4(C)CCC=C(C)C4=C[C@H]23)cc1. The zero-order valence-electron chi connectivity index (χ0n) is 16.5. The maximum absolute atomic E-state index is 12.5. The van der Waals surface area contributed by atoms with Crippen molar-refractivity contribution < 1.29 is 14.3 Å². The van der Waals surface area contributed by atoms with Crippen molar-refractivity contribution in [3.63, 3.8) is 0 Å². The lowest BCUT2D eigenvalue weighted by molar-refractivity contribution is -0.145. The van der Waals surface area contributed by atoms with Gasteiger partial charge in [0.25, 0.3) is 0 Å². The molecule has 1 aliphatic heterocycles. The number of hydrogen-bond donors (Lipinski definition) is 1. The fourth-order valence-electron chi connectivity index (χ4n) is 4.98. The van der Waals surface area contributed by atoms with Gasteiger partial charge >= 0.3 is 5.97 Å². The number of hydrogen-bond acceptors (Lipinski definition) is 4. The lowest BCUT2D eigenvalue weighted by atomic mass is 9.62. The molecule has 144 valence electrons. The standard InChI is InChI=1S/C23H29NO3/c1-15-5-4-10-23(2)12-21-18(11-20(15)23)19(22(25)27-21)14-24-13-16-6-8-17(26-3)9-7-16/h5-9,11,18-19,21,24H,4,10,12-14H2,1-3H3/t18-,19?,21-,23-/m1/s1. The summed E-state index contributed by atoms with van der Waals surface area (Å²) in [5, 5.41) is 3.45. The molecule has 27 heavy (non-hydrogen) atoms. The summed E-state index contributed by atoms with van der Waals surface area (Å²) < 4.78 is 11.0. The first-order chi connectivity index (χ1) is 13.0. The van der Waals surface area contributed by atoms with Gasteiger partial charge in [-0.15, -0.1) is 0 Å². The summed E-state index contributed by atoms with van der Waals surface area (Å²) in [5.74, 6) is 0.895. The second-order valence-electron chi connectivity index (χ2n) is 8.41. The van der Waals surface area contributed by atoms with Gasteiger partial charge in [0.15, 0.2) is 0 Å². The van der Waals surface area contributed by atoms with Gasteiger partial charge in [0.2, 0.25) is 0 Å². The Kier molecular flexibility index (Phi) is 4.85.